The fourth-order valence-electron chi connectivity index (χ4n) is 3.50. The highest BCUT2D eigenvalue weighted by Crippen LogP contribution is 2.51. The molecule has 0 aliphatic carbocycles. The lowest BCUT2D eigenvalue weighted by Crippen LogP contribution is -2.60. The summed E-state index contributed by atoms with van der Waals surface area (Å²) in [5.74, 6) is -1.29. The summed E-state index contributed by atoms with van der Waals surface area (Å²) in [5.41, 5.74) is -1.26. The van der Waals surface area contributed by atoms with Crippen LogP contribution in [0.25, 0.3) is 0 Å². The van der Waals surface area contributed by atoms with Gasteiger partial charge in [-0.25, -0.2) is 4.79 Å². The van der Waals surface area contributed by atoms with Crippen molar-refractivity contribution in [2.45, 2.75) is 79.9 Å². The first-order valence-corrected chi connectivity index (χ1v) is 9.00. The maximum atomic E-state index is 12.3. The molecule has 2 N–H and O–H groups in total. The van der Waals surface area contributed by atoms with Crippen molar-refractivity contribution in [1.82, 2.24) is 0 Å². The van der Waals surface area contributed by atoms with E-state index in [0.717, 1.165) is 37.4 Å². The minimum Gasteiger partial charge on any atom is -0.462 e. The molecule has 3 aliphatic rings. The number of ether oxygens (including phenoxy) is 1. The molecule has 3 aliphatic heterocycles. The Kier molecular flexibility index (Phi) is 4.87. The van der Waals surface area contributed by atoms with Gasteiger partial charge in [-0.15, -0.1) is 11.8 Å². The Labute approximate surface area is 138 Å². The van der Waals surface area contributed by atoms with Crippen LogP contribution < -0.4 is 0 Å². The van der Waals surface area contributed by atoms with Crippen LogP contribution >= 0.6 is 11.8 Å². The molecule has 23 heavy (non-hydrogen) atoms. The second-order valence-electron chi connectivity index (χ2n) is 6.54. The summed E-state index contributed by atoms with van der Waals surface area (Å²) in [7, 11) is 0. The third kappa shape index (κ3) is 3.09. The van der Waals surface area contributed by atoms with Crippen LogP contribution in [0.5, 0.6) is 0 Å². The van der Waals surface area contributed by atoms with Crippen molar-refractivity contribution < 1.29 is 34.3 Å². The van der Waals surface area contributed by atoms with Gasteiger partial charge in [-0.3, -0.25) is 9.68 Å². The van der Waals surface area contributed by atoms with E-state index in [9.17, 15) is 19.8 Å². The van der Waals surface area contributed by atoms with E-state index < -0.39 is 40.2 Å². The summed E-state index contributed by atoms with van der Waals surface area (Å²) < 4.78 is 5.45. The number of hydrogen-bond acceptors (Lipinski definition) is 8. The number of carbonyl (C=O) groups excluding carboxylic acids is 2. The molecule has 130 valence electrons. The molecule has 3 rings (SSSR count). The molecule has 0 unspecified atom stereocenters. The van der Waals surface area contributed by atoms with Crippen molar-refractivity contribution in [3.8, 4) is 0 Å². The van der Waals surface area contributed by atoms with E-state index in [4.69, 9.17) is 9.62 Å². The van der Waals surface area contributed by atoms with Crippen LogP contribution in [0, 0.1) is 0 Å². The molecule has 0 radical (unpaired) electrons. The van der Waals surface area contributed by atoms with Crippen LogP contribution in [0.2, 0.25) is 0 Å². The predicted molar refractivity (Wildman–Crippen MR) is 80.3 cm³/mol. The minimum absolute atomic E-state index is 0.152. The fraction of sp³-hybridized carbons (Fsp3) is 0.867. The topological polar surface area (TPSA) is 102 Å². The van der Waals surface area contributed by atoms with E-state index in [-0.39, 0.29) is 12.5 Å². The van der Waals surface area contributed by atoms with Gasteiger partial charge in [0.15, 0.2) is 11.7 Å². The Morgan fingerprint density at radius 1 is 1.13 bits per heavy atom. The van der Waals surface area contributed by atoms with Crippen LogP contribution in [0.3, 0.4) is 0 Å². The zero-order valence-corrected chi connectivity index (χ0v) is 13.8. The van der Waals surface area contributed by atoms with Gasteiger partial charge in [0.2, 0.25) is 0 Å². The van der Waals surface area contributed by atoms with E-state index in [1.807, 2.05) is 6.92 Å². The Bertz CT molecular complexity index is 484. The number of cyclic esters (lactones) is 1. The average molecular weight is 346 g/mol. The van der Waals surface area contributed by atoms with Gasteiger partial charge in [0.05, 0.1) is 17.5 Å². The molecule has 8 heteroatoms. The molecule has 3 saturated heterocycles. The Balaban J connectivity index is 1.88. The lowest BCUT2D eigenvalue weighted by Gasteiger charge is -2.41. The molecular formula is C15H22O7S. The highest BCUT2D eigenvalue weighted by atomic mass is 32.2. The second-order valence-corrected chi connectivity index (χ2v) is 7.89. The number of rotatable bonds is 0. The van der Waals surface area contributed by atoms with Crippen molar-refractivity contribution in [1.29, 1.82) is 0 Å². The summed E-state index contributed by atoms with van der Waals surface area (Å²) in [5, 5.41) is 19.4. The third-order valence-corrected chi connectivity index (χ3v) is 6.47. The number of aliphatic hydroxyl groups excluding tert-OH is 2. The monoisotopic (exact) mass is 346 g/mol. The second kappa shape index (κ2) is 6.58. The molecule has 0 amide bonds. The van der Waals surface area contributed by atoms with Crippen molar-refractivity contribution in [3.63, 3.8) is 0 Å². The van der Waals surface area contributed by atoms with E-state index in [0.29, 0.717) is 6.42 Å². The molecule has 0 saturated carbocycles. The Morgan fingerprint density at radius 3 is 2.65 bits per heavy atom. The average Bonchev–Trinajstić information content (AvgIpc) is 2.92. The first-order chi connectivity index (χ1) is 10.9. The Hall–Kier alpha value is -0.830. The molecule has 0 aromatic carbocycles. The number of esters is 1. The number of thioether (sulfide) groups is 1. The summed E-state index contributed by atoms with van der Waals surface area (Å²) in [4.78, 5) is 33.8. The molecule has 0 aromatic heterocycles. The minimum atomic E-state index is -1.43. The highest BCUT2D eigenvalue weighted by molar-refractivity contribution is 8.01. The van der Waals surface area contributed by atoms with Crippen molar-refractivity contribution in [2.75, 3.05) is 0 Å². The lowest BCUT2D eigenvalue weighted by atomic mass is 9.82. The van der Waals surface area contributed by atoms with E-state index in [1.54, 1.807) is 0 Å². The standard InChI is InChI=1S/C15H22O7S/c1-8-5-3-2-4-6-10(16)15-7-9(13(18)20-8)23-12(15)11(17)14(19)21-22-15/h8-12,16-17H,2-7H2,1H3/t8-,9-,10+,11-,12+,15-/m1/s1. The van der Waals surface area contributed by atoms with Gasteiger partial charge >= 0.3 is 11.9 Å². The van der Waals surface area contributed by atoms with Crippen molar-refractivity contribution in [3.05, 3.63) is 0 Å². The number of fused-ring (bicyclic) bond motifs is 1. The summed E-state index contributed by atoms with van der Waals surface area (Å²) in [6, 6.07) is 0. The van der Waals surface area contributed by atoms with Gasteiger partial charge in [-0.05, 0) is 26.2 Å². The van der Waals surface area contributed by atoms with E-state index in [2.05, 4.69) is 4.89 Å². The molecule has 3 heterocycles. The molecule has 2 bridgehead atoms. The summed E-state index contributed by atoms with van der Waals surface area (Å²) in [6.45, 7) is 1.86. The molecule has 0 aromatic rings. The van der Waals surface area contributed by atoms with Crippen molar-refractivity contribution in [2.24, 2.45) is 0 Å². The van der Waals surface area contributed by atoms with E-state index >= 15 is 0 Å². The maximum absolute atomic E-state index is 12.3. The predicted octanol–water partition coefficient (Wildman–Crippen LogP) is 0.705. The Morgan fingerprint density at radius 2 is 1.87 bits per heavy atom. The van der Waals surface area contributed by atoms with Gasteiger partial charge in [-0.2, -0.15) is 4.89 Å². The summed E-state index contributed by atoms with van der Waals surface area (Å²) in [6.07, 6.45) is 1.49. The van der Waals surface area contributed by atoms with Gasteiger partial charge in [0.25, 0.3) is 0 Å². The van der Waals surface area contributed by atoms with Crippen LogP contribution in [-0.4, -0.2) is 56.6 Å². The molecule has 3 fully saturated rings. The van der Waals surface area contributed by atoms with Gasteiger partial charge < -0.3 is 14.9 Å². The number of hydrogen-bond donors (Lipinski definition) is 2. The molecule has 7 nitrogen and oxygen atoms in total. The first-order valence-electron chi connectivity index (χ1n) is 8.05. The molecule has 1 spiro atoms. The lowest BCUT2D eigenvalue weighted by molar-refractivity contribution is -0.374. The first kappa shape index (κ1) is 17.0. The van der Waals surface area contributed by atoms with Gasteiger partial charge in [0, 0.05) is 6.42 Å². The van der Waals surface area contributed by atoms with Crippen LogP contribution in [0.4, 0.5) is 0 Å². The fourth-order valence-corrected chi connectivity index (χ4v) is 5.16. The van der Waals surface area contributed by atoms with Crippen LogP contribution in [0.15, 0.2) is 0 Å². The zero-order chi connectivity index (χ0) is 16.6. The highest BCUT2D eigenvalue weighted by Gasteiger charge is 2.63. The molecule has 6 atom stereocenters. The van der Waals surface area contributed by atoms with Crippen molar-refractivity contribution >= 4 is 23.7 Å². The number of aliphatic hydroxyl groups is 2. The van der Waals surface area contributed by atoms with Crippen LogP contribution in [-0.2, 0) is 24.1 Å². The van der Waals surface area contributed by atoms with Gasteiger partial charge in [-0.1, -0.05) is 12.8 Å². The van der Waals surface area contributed by atoms with E-state index in [1.165, 1.54) is 0 Å². The van der Waals surface area contributed by atoms with Crippen LogP contribution in [0.1, 0.15) is 45.4 Å². The zero-order valence-electron chi connectivity index (χ0n) is 13.0. The quantitative estimate of drug-likeness (QED) is 0.488. The smallest absolute Gasteiger partial charge is 0.371 e. The normalized spacial score (nSPS) is 45.3. The maximum Gasteiger partial charge on any atom is 0.371 e. The number of carbonyl (C=O) groups is 2. The largest absolute Gasteiger partial charge is 0.462 e. The summed E-state index contributed by atoms with van der Waals surface area (Å²) >= 11 is 1.13. The third-order valence-electron chi connectivity index (χ3n) is 4.84. The molecular weight excluding hydrogens is 324 g/mol. The van der Waals surface area contributed by atoms with Gasteiger partial charge in [0.1, 0.15) is 5.25 Å². The SMILES string of the molecule is C[C@@H]1CCCCC[C@H](O)[C@]23C[C@@H](S[C@H]2[C@@H](O)C(=O)OO3)C(=O)O1.